The van der Waals surface area contributed by atoms with Gasteiger partial charge in [0.2, 0.25) is 0 Å². The zero-order valence-electron chi connectivity index (χ0n) is 8.65. The molecule has 16 heavy (non-hydrogen) atoms. The summed E-state index contributed by atoms with van der Waals surface area (Å²) < 4.78 is 1.08. The number of hydrogen-bond acceptors (Lipinski definition) is 3. The van der Waals surface area contributed by atoms with Crippen LogP contribution in [-0.2, 0) is 6.54 Å². The molecule has 1 aromatic carbocycles. The Morgan fingerprint density at radius 1 is 1.31 bits per heavy atom. The topological polar surface area (TPSA) is 50.9 Å². The number of hydrogen-bond donors (Lipinski definition) is 2. The van der Waals surface area contributed by atoms with E-state index >= 15 is 0 Å². The Balaban J connectivity index is 2.05. The van der Waals surface area contributed by atoms with Crippen molar-refractivity contribution in [3.63, 3.8) is 0 Å². The van der Waals surface area contributed by atoms with Gasteiger partial charge in [0.25, 0.3) is 0 Å². The number of nitrogens with zero attached hydrogens (tertiary/aromatic N) is 1. The van der Waals surface area contributed by atoms with Gasteiger partial charge in [0.05, 0.1) is 17.6 Å². The van der Waals surface area contributed by atoms with Gasteiger partial charge < -0.3 is 11.1 Å². The molecule has 82 valence electrons. The van der Waals surface area contributed by atoms with E-state index in [2.05, 4.69) is 38.4 Å². The van der Waals surface area contributed by atoms with Gasteiger partial charge in [-0.2, -0.15) is 0 Å². The standard InChI is InChI=1S/C12H12BrN3/c13-10-3-1-2-9(6-10)7-16-12-4-5-15-8-11(12)14/h1-6,8H,7,14H2,(H,15,16). The van der Waals surface area contributed by atoms with Gasteiger partial charge in [-0.1, -0.05) is 28.1 Å². The molecule has 2 rings (SSSR count). The molecular weight excluding hydrogens is 266 g/mol. The average molecular weight is 278 g/mol. The number of halogens is 1. The SMILES string of the molecule is Nc1cnccc1NCc1cccc(Br)c1. The molecule has 0 unspecified atom stereocenters. The van der Waals surface area contributed by atoms with Crippen LogP contribution < -0.4 is 11.1 Å². The maximum Gasteiger partial charge on any atom is 0.0736 e. The highest BCUT2D eigenvalue weighted by molar-refractivity contribution is 9.10. The predicted molar refractivity (Wildman–Crippen MR) is 70.1 cm³/mol. The monoisotopic (exact) mass is 277 g/mol. The van der Waals surface area contributed by atoms with E-state index in [1.807, 2.05) is 18.2 Å². The maximum absolute atomic E-state index is 5.78. The second-order valence-electron chi connectivity index (χ2n) is 3.45. The lowest BCUT2D eigenvalue weighted by molar-refractivity contribution is 1.14. The average Bonchev–Trinajstić information content (AvgIpc) is 2.28. The molecule has 0 bridgehead atoms. The molecule has 0 saturated carbocycles. The molecular formula is C12H12BrN3. The van der Waals surface area contributed by atoms with Gasteiger partial charge in [-0.25, -0.2) is 0 Å². The van der Waals surface area contributed by atoms with Crippen LogP contribution in [0.1, 0.15) is 5.56 Å². The second-order valence-corrected chi connectivity index (χ2v) is 4.36. The minimum Gasteiger partial charge on any atom is -0.396 e. The van der Waals surface area contributed by atoms with Crippen molar-refractivity contribution in [2.45, 2.75) is 6.54 Å². The van der Waals surface area contributed by atoms with E-state index in [1.54, 1.807) is 12.4 Å². The molecule has 3 nitrogen and oxygen atoms in total. The molecule has 0 fully saturated rings. The van der Waals surface area contributed by atoms with Crippen LogP contribution in [0.15, 0.2) is 47.2 Å². The van der Waals surface area contributed by atoms with Crippen LogP contribution in [0.25, 0.3) is 0 Å². The maximum atomic E-state index is 5.78. The van der Waals surface area contributed by atoms with Crippen molar-refractivity contribution in [1.82, 2.24) is 4.98 Å². The summed E-state index contributed by atoms with van der Waals surface area (Å²) in [6.07, 6.45) is 3.36. The molecule has 0 aliphatic heterocycles. The van der Waals surface area contributed by atoms with Crippen LogP contribution in [0, 0.1) is 0 Å². The quantitative estimate of drug-likeness (QED) is 0.907. The number of nitrogens with one attached hydrogen (secondary N) is 1. The molecule has 3 N–H and O–H groups in total. The second kappa shape index (κ2) is 4.99. The first-order valence-electron chi connectivity index (χ1n) is 4.93. The van der Waals surface area contributed by atoms with Crippen molar-refractivity contribution in [3.05, 3.63) is 52.8 Å². The number of anilines is 2. The fourth-order valence-electron chi connectivity index (χ4n) is 1.41. The summed E-state index contributed by atoms with van der Waals surface area (Å²) >= 11 is 3.44. The van der Waals surface area contributed by atoms with Crippen molar-refractivity contribution < 1.29 is 0 Å². The van der Waals surface area contributed by atoms with E-state index in [0.29, 0.717) is 5.69 Å². The van der Waals surface area contributed by atoms with E-state index in [1.165, 1.54) is 5.56 Å². The van der Waals surface area contributed by atoms with Crippen LogP contribution in [0.3, 0.4) is 0 Å². The fourth-order valence-corrected chi connectivity index (χ4v) is 1.86. The molecule has 1 aromatic heterocycles. The lowest BCUT2D eigenvalue weighted by atomic mass is 10.2. The van der Waals surface area contributed by atoms with E-state index in [0.717, 1.165) is 16.7 Å². The molecule has 0 saturated heterocycles. The first kappa shape index (κ1) is 11.0. The Bertz CT molecular complexity index is 485. The lowest BCUT2D eigenvalue weighted by Crippen LogP contribution is -2.02. The van der Waals surface area contributed by atoms with E-state index in [9.17, 15) is 0 Å². The highest BCUT2D eigenvalue weighted by atomic mass is 79.9. The van der Waals surface area contributed by atoms with Crippen molar-refractivity contribution in [1.29, 1.82) is 0 Å². The molecule has 0 aliphatic carbocycles. The largest absolute Gasteiger partial charge is 0.396 e. The summed E-state index contributed by atoms with van der Waals surface area (Å²) in [5.74, 6) is 0. The van der Waals surface area contributed by atoms with Crippen LogP contribution >= 0.6 is 15.9 Å². The number of benzene rings is 1. The zero-order valence-corrected chi connectivity index (χ0v) is 10.2. The van der Waals surface area contributed by atoms with Crippen molar-refractivity contribution in [3.8, 4) is 0 Å². The van der Waals surface area contributed by atoms with Gasteiger partial charge in [-0.15, -0.1) is 0 Å². The van der Waals surface area contributed by atoms with Gasteiger partial charge >= 0.3 is 0 Å². The summed E-state index contributed by atoms with van der Waals surface area (Å²) in [5, 5.41) is 3.27. The third kappa shape index (κ3) is 2.73. The van der Waals surface area contributed by atoms with Gasteiger partial charge in [-0.3, -0.25) is 4.98 Å². The number of rotatable bonds is 3. The van der Waals surface area contributed by atoms with E-state index in [-0.39, 0.29) is 0 Å². The molecule has 2 aromatic rings. The molecule has 0 aliphatic rings. The third-order valence-electron chi connectivity index (χ3n) is 2.22. The van der Waals surface area contributed by atoms with E-state index < -0.39 is 0 Å². The summed E-state index contributed by atoms with van der Waals surface area (Å²) in [6.45, 7) is 0.744. The Morgan fingerprint density at radius 2 is 2.19 bits per heavy atom. The Kier molecular flexibility index (Phi) is 3.41. The van der Waals surface area contributed by atoms with Crippen molar-refractivity contribution >= 4 is 27.3 Å². The van der Waals surface area contributed by atoms with Crippen LogP contribution in [-0.4, -0.2) is 4.98 Å². The Hall–Kier alpha value is -1.55. The van der Waals surface area contributed by atoms with Crippen molar-refractivity contribution in [2.24, 2.45) is 0 Å². The first-order valence-corrected chi connectivity index (χ1v) is 5.73. The van der Waals surface area contributed by atoms with Gasteiger partial charge in [0, 0.05) is 17.2 Å². The third-order valence-corrected chi connectivity index (χ3v) is 2.72. The summed E-state index contributed by atoms with van der Waals surface area (Å²) in [4.78, 5) is 3.94. The van der Waals surface area contributed by atoms with Gasteiger partial charge in [0.15, 0.2) is 0 Å². The number of nitrogens with two attached hydrogens (primary N) is 1. The summed E-state index contributed by atoms with van der Waals surface area (Å²) in [7, 11) is 0. The van der Waals surface area contributed by atoms with Crippen molar-refractivity contribution in [2.75, 3.05) is 11.1 Å². The highest BCUT2D eigenvalue weighted by Gasteiger charge is 1.98. The molecule has 4 heteroatoms. The molecule has 0 radical (unpaired) electrons. The molecule has 0 amide bonds. The molecule has 1 heterocycles. The highest BCUT2D eigenvalue weighted by Crippen LogP contribution is 2.17. The lowest BCUT2D eigenvalue weighted by Gasteiger charge is -2.08. The zero-order chi connectivity index (χ0) is 11.4. The Labute approximate surface area is 103 Å². The number of nitrogen functional groups attached to an aromatic ring is 1. The first-order chi connectivity index (χ1) is 7.75. The minimum absolute atomic E-state index is 0.664. The fraction of sp³-hybridized carbons (Fsp3) is 0.0833. The Morgan fingerprint density at radius 3 is 2.94 bits per heavy atom. The van der Waals surface area contributed by atoms with Gasteiger partial charge in [0.1, 0.15) is 0 Å². The summed E-state index contributed by atoms with van der Waals surface area (Å²) in [5.41, 5.74) is 8.56. The normalized spacial score (nSPS) is 10.1. The molecule has 0 spiro atoms. The van der Waals surface area contributed by atoms with E-state index in [4.69, 9.17) is 5.73 Å². The predicted octanol–water partition coefficient (Wildman–Crippen LogP) is 3.04. The van der Waals surface area contributed by atoms with Crippen LogP contribution in [0.5, 0.6) is 0 Å². The molecule has 0 atom stereocenters. The van der Waals surface area contributed by atoms with Crippen LogP contribution in [0.2, 0.25) is 0 Å². The number of pyridine rings is 1. The summed E-state index contributed by atoms with van der Waals surface area (Å²) in [6, 6.07) is 10.0. The number of aromatic nitrogens is 1. The van der Waals surface area contributed by atoms with Gasteiger partial charge in [-0.05, 0) is 23.8 Å². The minimum atomic E-state index is 0.664. The van der Waals surface area contributed by atoms with Crippen LogP contribution in [0.4, 0.5) is 11.4 Å². The smallest absolute Gasteiger partial charge is 0.0736 e.